The Labute approximate surface area is 162 Å². The molecule has 0 aliphatic rings. The van der Waals surface area contributed by atoms with Crippen molar-refractivity contribution in [3.05, 3.63) is 69.9 Å². The number of pyridine rings is 1. The van der Waals surface area contributed by atoms with Crippen molar-refractivity contribution < 1.29 is 14.4 Å². The predicted octanol–water partition coefficient (Wildman–Crippen LogP) is 4.72. The standard InChI is InChI=1S/C22H18N2O4/c1-3-14-28-20-13-9-16(15-21(20)27-4-2)8-11-18-12-10-17-6-5-7-19(24(25)26)22(17)23-18/h1,5-13,15H,4,14H2,2H3/b11-8+. The Kier molecular flexibility index (Phi) is 5.87. The van der Waals surface area contributed by atoms with Crippen LogP contribution in [0.25, 0.3) is 23.1 Å². The molecule has 0 fully saturated rings. The van der Waals surface area contributed by atoms with E-state index in [1.165, 1.54) is 6.07 Å². The van der Waals surface area contributed by atoms with Crippen LogP contribution in [0.3, 0.4) is 0 Å². The van der Waals surface area contributed by atoms with Crippen LogP contribution in [0, 0.1) is 22.5 Å². The smallest absolute Gasteiger partial charge is 0.295 e. The first-order valence-corrected chi connectivity index (χ1v) is 8.67. The number of para-hydroxylation sites is 1. The molecule has 0 spiro atoms. The highest BCUT2D eigenvalue weighted by atomic mass is 16.6. The van der Waals surface area contributed by atoms with Crippen molar-refractivity contribution in [3.63, 3.8) is 0 Å². The average Bonchev–Trinajstić information content (AvgIpc) is 2.71. The third-order valence-corrected chi connectivity index (χ3v) is 3.94. The van der Waals surface area contributed by atoms with Crippen LogP contribution < -0.4 is 9.47 Å². The van der Waals surface area contributed by atoms with E-state index < -0.39 is 4.92 Å². The molecule has 0 saturated heterocycles. The van der Waals surface area contributed by atoms with Crippen LogP contribution in [0.15, 0.2) is 48.5 Å². The summed E-state index contributed by atoms with van der Waals surface area (Å²) in [5.74, 6) is 3.60. The van der Waals surface area contributed by atoms with E-state index in [0.717, 1.165) is 10.9 Å². The Balaban J connectivity index is 1.91. The van der Waals surface area contributed by atoms with Gasteiger partial charge in [-0.05, 0) is 36.8 Å². The van der Waals surface area contributed by atoms with Gasteiger partial charge in [-0.3, -0.25) is 10.1 Å². The van der Waals surface area contributed by atoms with Crippen LogP contribution in [0.4, 0.5) is 5.69 Å². The summed E-state index contributed by atoms with van der Waals surface area (Å²) in [6, 6.07) is 14.0. The van der Waals surface area contributed by atoms with Crippen LogP contribution in [0.1, 0.15) is 18.2 Å². The van der Waals surface area contributed by atoms with Gasteiger partial charge in [0, 0.05) is 11.5 Å². The van der Waals surface area contributed by atoms with Gasteiger partial charge in [0.15, 0.2) is 11.5 Å². The second-order valence-electron chi connectivity index (χ2n) is 5.81. The number of nitrogens with zero attached hydrogens (tertiary/aromatic N) is 2. The molecular formula is C22H18N2O4. The van der Waals surface area contributed by atoms with Gasteiger partial charge in [-0.25, -0.2) is 4.98 Å². The Bertz CT molecular complexity index is 1080. The molecule has 6 heteroatoms. The van der Waals surface area contributed by atoms with Gasteiger partial charge in [0.2, 0.25) is 0 Å². The summed E-state index contributed by atoms with van der Waals surface area (Å²) in [5, 5.41) is 11.9. The number of aromatic nitrogens is 1. The van der Waals surface area contributed by atoms with Crippen molar-refractivity contribution in [2.45, 2.75) is 6.92 Å². The van der Waals surface area contributed by atoms with Crippen molar-refractivity contribution in [1.82, 2.24) is 4.98 Å². The molecule has 0 aliphatic heterocycles. The van der Waals surface area contributed by atoms with Gasteiger partial charge < -0.3 is 9.47 Å². The van der Waals surface area contributed by atoms with Crippen LogP contribution in [0.2, 0.25) is 0 Å². The van der Waals surface area contributed by atoms with Gasteiger partial charge in [0.05, 0.1) is 17.2 Å². The molecule has 0 amide bonds. The van der Waals surface area contributed by atoms with Crippen molar-refractivity contribution in [2.24, 2.45) is 0 Å². The molecule has 0 aliphatic carbocycles. The molecule has 0 saturated carbocycles. The summed E-state index contributed by atoms with van der Waals surface area (Å²) in [6.45, 7) is 2.55. The second-order valence-corrected chi connectivity index (χ2v) is 5.81. The first kappa shape index (κ1) is 18.9. The summed E-state index contributed by atoms with van der Waals surface area (Å²) >= 11 is 0. The van der Waals surface area contributed by atoms with Crippen molar-refractivity contribution >= 4 is 28.7 Å². The molecule has 0 N–H and O–H groups in total. The minimum Gasteiger partial charge on any atom is -0.490 e. The fourth-order valence-electron chi connectivity index (χ4n) is 2.70. The predicted molar refractivity (Wildman–Crippen MR) is 109 cm³/mol. The number of hydrogen-bond acceptors (Lipinski definition) is 5. The molecule has 28 heavy (non-hydrogen) atoms. The third-order valence-electron chi connectivity index (χ3n) is 3.94. The van der Waals surface area contributed by atoms with Gasteiger partial charge in [-0.1, -0.05) is 36.3 Å². The second kappa shape index (κ2) is 8.69. The number of hydrogen-bond donors (Lipinski definition) is 0. The van der Waals surface area contributed by atoms with Crippen LogP contribution in [0.5, 0.6) is 11.5 Å². The lowest BCUT2D eigenvalue weighted by atomic mass is 10.1. The number of rotatable bonds is 7. The Morgan fingerprint density at radius 1 is 1.14 bits per heavy atom. The molecule has 3 aromatic rings. The van der Waals surface area contributed by atoms with E-state index in [9.17, 15) is 10.1 Å². The van der Waals surface area contributed by atoms with Crippen LogP contribution in [-0.4, -0.2) is 23.1 Å². The first-order valence-electron chi connectivity index (χ1n) is 8.67. The summed E-state index contributed by atoms with van der Waals surface area (Å²) in [7, 11) is 0. The van der Waals surface area contributed by atoms with E-state index in [4.69, 9.17) is 15.9 Å². The molecule has 6 nitrogen and oxygen atoms in total. The molecule has 0 unspecified atom stereocenters. The van der Waals surface area contributed by atoms with Crippen LogP contribution in [-0.2, 0) is 0 Å². The zero-order valence-corrected chi connectivity index (χ0v) is 15.3. The molecule has 1 heterocycles. The van der Waals surface area contributed by atoms with Gasteiger partial charge in [-0.15, -0.1) is 6.42 Å². The van der Waals surface area contributed by atoms with Crippen molar-refractivity contribution in [2.75, 3.05) is 13.2 Å². The first-order chi connectivity index (χ1) is 13.6. The lowest BCUT2D eigenvalue weighted by Crippen LogP contribution is -1.99. The van der Waals surface area contributed by atoms with Gasteiger partial charge >= 0.3 is 0 Å². The van der Waals surface area contributed by atoms with E-state index >= 15 is 0 Å². The lowest BCUT2D eigenvalue weighted by molar-refractivity contribution is -0.383. The number of fused-ring (bicyclic) bond motifs is 1. The van der Waals surface area contributed by atoms with E-state index in [0.29, 0.717) is 29.3 Å². The SMILES string of the molecule is C#CCOc1ccc(/C=C/c2ccc3cccc([N+](=O)[O-])c3n2)cc1OCC. The molecule has 0 atom stereocenters. The number of nitro benzene ring substituents is 1. The Morgan fingerprint density at radius 2 is 2.00 bits per heavy atom. The fraction of sp³-hybridized carbons (Fsp3) is 0.136. The van der Waals surface area contributed by atoms with E-state index in [2.05, 4.69) is 10.9 Å². The minimum atomic E-state index is -0.424. The summed E-state index contributed by atoms with van der Waals surface area (Å²) in [5.41, 5.74) is 1.84. The maximum Gasteiger partial charge on any atom is 0.295 e. The normalized spacial score (nSPS) is 10.7. The number of benzene rings is 2. The average molecular weight is 374 g/mol. The van der Waals surface area contributed by atoms with E-state index in [1.807, 2.05) is 37.3 Å². The Hall–Kier alpha value is -3.85. The number of nitro groups is 1. The minimum absolute atomic E-state index is 0.0126. The molecule has 0 radical (unpaired) electrons. The van der Waals surface area contributed by atoms with Crippen LogP contribution >= 0.6 is 0 Å². The van der Waals surface area contributed by atoms with Crippen molar-refractivity contribution in [1.29, 1.82) is 0 Å². The highest BCUT2D eigenvalue weighted by Crippen LogP contribution is 2.29. The highest BCUT2D eigenvalue weighted by molar-refractivity contribution is 5.88. The number of terminal acetylenes is 1. The number of ether oxygens (including phenoxy) is 2. The molecule has 1 aromatic heterocycles. The maximum absolute atomic E-state index is 11.2. The topological polar surface area (TPSA) is 74.5 Å². The highest BCUT2D eigenvalue weighted by Gasteiger charge is 2.12. The maximum atomic E-state index is 11.2. The van der Waals surface area contributed by atoms with E-state index in [1.54, 1.807) is 24.3 Å². The van der Waals surface area contributed by atoms with E-state index in [-0.39, 0.29) is 12.3 Å². The monoisotopic (exact) mass is 374 g/mol. The summed E-state index contributed by atoms with van der Waals surface area (Å²) < 4.78 is 11.1. The summed E-state index contributed by atoms with van der Waals surface area (Å²) in [6.07, 6.45) is 8.89. The zero-order valence-electron chi connectivity index (χ0n) is 15.3. The summed E-state index contributed by atoms with van der Waals surface area (Å²) in [4.78, 5) is 15.2. The quantitative estimate of drug-likeness (QED) is 0.340. The molecule has 0 bridgehead atoms. The molecular weight excluding hydrogens is 356 g/mol. The third kappa shape index (κ3) is 4.27. The largest absolute Gasteiger partial charge is 0.490 e. The molecule has 3 rings (SSSR count). The number of non-ortho nitro benzene ring substituents is 1. The Morgan fingerprint density at radius 3 is 2.75 bits per heavy atom. The lowest BCUT2D eigenvalue weighted by Gasteiger charge is -2.11. The van der Waals surface area contributed by atoms with Gasteiger partial charge in [0.25, 0.3) is 5.69 Å². The van der Waals surface area contributed by atoms with Gasteiger partial charge in [-0.2, -0.15) is 0 Å². The fourth-order valence-corrected chi connectivity index (χ4v) is 2.70. The van der Waals surface area contributed by atoms with Crippen molar-refractivity contribution in [3.8, 4) is 23.8 Å². The molecule has 2 aromatic carbocycles. The zero-order chi connectivity index (χ0) is 19.9. The molecule has 140 valence electrons. The van der Waals surface area contributed by atoms with Gasteiger partial charge in [0.1, 0.15) is 12.1 Å².